The van der Waals surface area contributed by atoms with Crippen LogP contribution in [0.2, 0.25) is 0 Å². The number of nitrogens with zero attached hydrogens (tertiary/aromatic N) is 3. The summed E-state index contributed by atoms with van der Waals surface area (Å²) in [6, 6.07) is 0. The Bertz CT molecular complexity index is 333. The number of ether oxygens (including phenoxy) is 1. The predicted molar refractivity (Wildman–Crippen MR) is 57.8 cm³/mol. The third-order valence-electron chi connectivity index (χ3n) is 2.83. The highest BCUT2D eigenvalue weighted by molar-refractivity contribution is 4.95. The van der Waals surface area contributed by atoms with E-state index < -0.39 is 0 Å². The lowest BCUT2D eigenvalue weighted by Crippen LogP contribution is -2.42. The largest absolute Gasteiger partial charge is 0.394 e. The van der Waals surface area contributed by atoms with Crippen molar-refractivity contribution in [2.75, 3.05) is 19.8 Å². The highest BCUT2D eigenvalue weighted by atomic mass is 16.5. The SMILES string of the molecule is CC1(NCc2cn(CCO)nn2)CCOC1. The van der Waals surface area contributed by atoms with Crippen LogP contribution in [0.1, 0.15) is 19.0 Å². The van der Waals surface area contributed by atoms with E-state index in [1.165, 1.54) is 0 Å². The second-order valence-electron chi connectivity index (χ2n) is 4.41. The number of aliphatic hydroxyl groups is 1. The molecule has 0 bridgehead atoms. The summed E-state index contributed by atoms with van der Waals surface area (Å²) in [6.45, 7) is 4.98. The molecule has 1 unspecified atom stereocenters. The van der Waals surface area contributed by atoms with Gasteiger partial charge >= 0.3 is 0 Å². The van der Waals surface area contributed by atoms with E-state index in [0.29, 0.717) is 13.1 Å². The summed E-state index contributed by atoms with van der Waals surface area (Å²) in [4.78, 5) is 0. The van der Waals surface area contributed by atoms with Gasteiger partial charge in [0.2, 0.25) is 0 Å². The molecule has 2 N–H and O–H groups in total. The average molecular weight is 226 g/mol. The van der Waals surface area contributed by atoms with E-state index in [-0.39, 0.29) is 12.1 Å². The smallest absolute Gasteiger partial charge is 0.0965 e. The molecular weight excluding hydrogens is 208 g/mol. The summed E-state index contributed by atoms with van der Waals surface area (Å²) in [5, 5.41) is 20.1. The molecule has 1 saturated heterocycles. The zero-order chi connectivity index (χ0) is 11.4. The first-order valence-electron chi connectivity index (χ1n) is 5.54. The van der Waals surface area contributed by atoms with Gasteiger partial charge in [-0.2, -0.15) is 0 Å². The summed E-state index contributed by atoms with van der Waals surface area (Å²) in [5.74, 6) is 0. The molecule has 0 aliphatic carbocycles. The van der Waals surface area contributed by atoms with Crippen LogP contribution in [-0.4, -0.2) is 45.5 Å². The van der Waals surface area contributed by atoms with Gasteiger partial charge in [-0.15, -0.1) is 5.10 Å². The number of hydrogen-bond donors (Lipinski definition) is 2. The molecule has 2 heterocycles. The molecule has 0 saturated carbocycles. The van der Waals surface area contributed by atoms with Crippen LogP contribution in [0.4, 0.5) is 0 Å². The molecule has 6 heteroatoms. The Labute approximate surface area is 94.6 Å². The molecule has 0 radical (unpaired) electrons. The molecule has 1 atom stereocenters. The Morgan fingerprint density at radius 1 is 1.69 bits per heavy atom. The minimum Gasteiger partial charge on any atom is -0.394 e. The third kappa shape index (κ3) is 2.78. The van der Waals surface area contributed by atoms with Gasteiger partial charge < -0.3 is 15.2 Å². The van der Waals surface area contributed by atoms with Gasteiger partial charge in [-0.05, 0) is 13.3 Å². The minimum absolute atomic E-state index is 0.0563. The van der Waals surface area contributed by atoms with Crippen molar-refractivity contribution in [3.05, 3.63) is 11.9 Å². The Kier molecular flexibility index (Phi) is 3.52. The van der Waals surface area contributed by atoms with Crippen LogP contribution in [0.25, 0.3) is 0 Å². The zero-order valence-corrected chi connectivity index (χ0v) is 9.52. The van der Waals surface area contributed by atoms with Crippen LogP contribution >= 0.6 is 0 Å². The number of rotatable bonds is 5. The van der Waals surface area contributed by atoms with E-state index in [4.69, 9.17) is 9.84 Å². The first kappa shape index (κ1) is 11.5. The molecule has 2 rings (SSSR count). The molecule has 1 aliphatic rings. The molecule has 0 spiro atoms. The second-order valence-corrected chi connectivity index (χ2v) is 4.41. The fourth-order valence-corrected chi connectivity index (χ4v) is 1.74. The van der Waals surface area contributed by atoms with E-state index >= 15 is 0 Å². The molecule has 1 aromatic heterocycles. The third-order valence-corrected chi connectivity index (χ3v) is 2.83. The van der Waals surface area contributed by atoms with Gasteiger partial charge in [0, 0.05) is 24.9 Å². The lowest BCUT2D eigenvalue weighted by Gasteiger charge is -2.22. The van der Waals surface area contributed by atoms with Crippen LogP contribution in [0.15, 0.2) is 6.20 Å². The quantitative estimate of drug-likeness (QED) is 0.711. The normalized spacial score (nSPS) is 25.1. The lowest BCUT2D eigenvalue weighted by molar-refractivity contribution is 0.171. The van der Waals surface area contributed by atoms with Crippen molar-refractivity contribution < 1.29 is 9.84 Å². The maximum absolute atomic E-state index is 8.75. The number of nitrogens with one attached hydrogen (secondary N) is 1. The van der Waals surface area contributed by atoms with Crippen molar-refractivity contribution in [2.24, 2.45) is 0 Å². The van der Waals surface area contributed by atoms with Crippen molar-refractivity contribution in [2.45, 2.75) is 32.0 Å². The summed E-state index contributed by atoms with van der Waals surface area (Å²) >= 11 is 0. The maximum atomic E-state index is 8.75. The van der Waals surface area contributed by atoms with Gasteiger partial charge in [-0.1, -0.05) is 5.21 Å². The van der Waals surface area contributed by atoms with Crippen molar-refractivity contribution in [3.8, 4) is 0 Å². The maximum Gasteiger partial charge on any atom is 0.0965 e. The van der Waals surface area contributed by atoms with Crippen molar-refractivity contribution in [3.63, 3.8) is 0 Å². The van der Waals surface area contributed by atoms with E-state index in [1.54, 1.807) is 4.68 Å². The van der Waals surface area contributed by atoms with Crippen LogP contribution in [-0.2, 0) is 17.8 Å². The first-order chi connectivity index (χ1) is 7.72. The Balaban J connectivity index is 1.84. The second kappa shape index (κ2) is 4.90. The molecule has 16 heavy (non-hydrogen) atoms. The van der Waals surface area contributed by atoms with E-state index in [9.17, 15) is 0 Å². The van der Waals surface area contributed by atoms with Gasteiger partial charge in [0.25, 0.3) is 0 Å². The van der Waals surface area contributed by atoms with Gasteiger partial charge in [-0.25, -0.2) is 4.68 Å². The molecule has 6 nitrogen and oxygen atoms in total. The van der Waals surface area contributed by atoms with Gasteiger partial charge in [-0.3, -0.25) is 0 Å². The Morgan fingerprint density at radius 2 is 2.56 bits per heavy atom. The summed E-state index contributed by atoms with van der Waals surface area (Å²) in [6.07, 6.45) is 2.88. The topological polar surface area (TPSA) is 72.2 Å². The first-order valence-corrected chi connectivity index (χ1v) is 5.54. The fourth-order valence-electron chi connectivity index (χ4n) is 1.74. The highest BCUT2D eigenvalue weighted by Crippen LogP contribution is 2.17. The molecular formula is C10H18N4O2. The van der Waals surface area contributed by atoms with Crippen LogP contribution in [0.5, 0.6) is 0 Å². The fraction of sp³-hybridized carbons (Fsp3) is 0.800. The molecule has 1 aliphatic heterocycles. The molecule has 0 aromatic carbocycles. The zero-order valence-electron chi connectivity index (χ0n) is 9.52. The molecule has 1 fully saturated rings. The van der Waals surface area contributed by atoms with Crippen LogP contribution < -0.4 is 5.32 Å². The molecule has 1 aromatic rings. The highest BCUT2D eigenvalue weighted by Gasteiger charge is 2.28. The average Bonchev–Trinajstić information content (AvgIpc) is 2.86. The van der Waals surface area contributed by atoms with Gasteiger partial charge in [0.15, 0.2) is 0 Å². The minimum atomic E-state index is 0.0563. The van der Waals surface area contributed by atoms with Gasteiger partial charge in [0.05, 0.1) is 25.5 Å². The number of aromatic nitrogens is 3. The summed E-state index contributed by atoms with van der Waals surface area (Å²) in [7, 11) is 0. The van der Waals surface area contributed by atoms with Crippen LogP contribution in [0.3, 0.4) is 0 Å². The Hall–Kier alpha value is -0.980. The summed E-state index contributed by atoms with van der Waals surface area (Å²) < 4.78 is 7.00. The van der Waals surface area contributed by atoms with Crippen molar-refractivity contribution >= 4 is 0 Å². The molecule has 90 valence electrons. The van der Waals surface area contributed by atoms with Gasteiger partial charge in [0.1, 0.15) is 0 Å². The molecule has 0 amide bonds. The van der Waals surface area contributed by atoms with E-state index in [1.807, 2.05) is 6.20 Å². The summed E-state index contributed by atoms with van der Waals surface area (Å²) in [5.41, 5.74) is 0.947. The predicted octanol–water partition coefficient (Wildman–Crippen LogP) is -0.461. The van der Waals surface area contributed by atoms with E-state index in [2.05, 4.69) is 22.6 Å². The standard InChI is InChI=1S/C10H18N4O2/c1-10(2-5-16-8-10)11-6-9-7-14(3-4-15)13-12-9/h7,11,15H,2-6,8H2,1H3. The lowest BCUT2D eigenvalue weighted by atomic mass is 10.0. The number of aliphatic hydroxyl groups excluding tert-OH is 1. The van der Waals surface area contributed by atoms with Crippen molar-refractivity contribution in [1.82, 2.24) is 20.3 Å². The van der Waals surface area contributed by atoms with Crippen molar-refractivity contribution in [1.29, 1.82) is 0 Å². The number of hydrogen-bond acceptors (Lipinski definition) is 5. The van der Waals surface area contributed by atoms with Crippen LogP contribution in [0, 0.1) is 0 Å². The Morgan fingerprint density at radius 3 is 3.25 bits per heavy atom. The van der Waals surface area contributed by atoms with E-state index in [0.717, 1.165) is 25.3 Å². The monoisotopic (exact) mass is 226 g/mol.